The predicted octanol–water partition coefficient (Wildman–Crippen LogP) is 1.58. The first-order valence-electron chi connectivity index (χ1n) is 6.92. The van der Waals surface area contributed by atoms with Crippen molar-refractivity contribution in [1.82, 2.24) is 20.3 Å². The number of nitrogens with one attached hydrogen (secondary N) is 1. The Bertz CT molecular complexity index is 783. The van der Waals surface area contributed by atoms with Crippen LogP contribution in [0.4, 0.5) is 0 Å². The first kappa shape index (κ1) is 13.5. The third-order valence-electron chi connectivity index (χ3n) is 3.30. The quantitative estimate of drug-likeness (QED) is 0.721. The fourth-order valence-electron chi connectivity index (χ4n) is 2.18. The molecule has 0 atom stereocenters. The topological polar surface area (TPSA) is 59.8 Å². The third kappa shape index (κ3) is 3.14. The van der Waals surface area contributed by atoms with E-state index in [1.165, 1.54) is 10.2 Å². The molecule has 5 heteroatoms. The fraction of sp³-hybridized carbons (Fsp3) is 0.188. The number of fused-ring (bicyclic) bond motifs is 1. The summed E-state index contributed by atoms with van der Waals surface area (Å²) in [4.78, 5) is 12.2. The van der Waals surface area contributed by atoms with Crippen LogP contribution in [-0.2, 0) is 13.1 Å². The summed E-state index contributed by atoms with van der Waals surface area (Å²) in [6.45, 7) is 1.95. The summed E-state index contributed by atoms with van der Waals surface area (Å²) in [7, 11) is 0. The highest BCUT2D eigenvalue weighted by atomic mass is 16.1. The van der Waals surface area contributed by atoms with Gasteiger partial charge in [-0.15, -0.1) is 5.10 Å². The van der Waals surface area contributed by atoms with Gasteiger partial charge in [0.05, 0.1) is 11.9 Å². The summed E-state index contributed by atoms with van der Waals surface area (Å²) in [5.41, 5.74) is 1.76. The highest BCUT2D eigenvalue weighted by Gasteiger charge is 2.04. The van der Waals surface area contributed by atoms with Gasteiger partial charge in [0.25, 0.3) is 5.56 Å². The molecular formula is C16H16N4O. The van der Waals surface area contributed by atoms with Gasteiger partial charge in [-0.05, 0) is 17.7 Å². The van der Waals surface area contributed by atoms with Crippen molar-refractivity contribution in [2.75, 3.05) is 6.54 Å². The van der Waals surface area contributed by atoms with E-state index >= 15 is 0 Å². The molecule has 1 aromatic heterocycles. The zero-order valence-corrected chi connectivity index (χ0v) is 11.6. The Labute approximate surface area is 122 Å². The van der Waals surface area contributed by atoms with Crippen LogP contribution in [0.1, 0.15) is 5.56 Å². The maximum Gasteiger partial charge on any atom is 0.277 e. The van der Waals surface area contributed by atoms with Gasteiger partial charge in [0.1, 0.15) is 5.52 Å². The van der Waals surface area contributed by atoms with E-state index in [0.717, 1.165) is 6.54 Å². The predicted molar refractivity (Wildman–Crippen MR) is 81.9 cm³/mol. The number of rotatable bonds is 5. The molecule has 0 fully saturated rings. The van der Waals surface area contributed by atoms with E-state index in [9.17, 15) is 4.79 Å². The average Bonchev–Trinajstić information content (AvgIpc) is 2.55. The molecule has 2 aromatic carbocycles. The molecule has 0 amide bonds. The standard InChI is InChI=1S/C16H16N4O/c21-16-14-8-4-5-9-15(14)18-19-20(16)11-10-17-12-13-6-2-1-3-7-13/h1-9,17H,10-12H2. The number of hydrogen-bond acceptors (Lipinski definition) is 4. The normalized spacial score (nSPS) is 10.9. The molecule has 0 bridgehead atoms. The highest BCUT2D eigenvalue weighted by molar-refractivity contribution is 5.76. The minimum absolute atomic E-state index is 0.0953. The molecule has 0 spiro atoms. The molecular weight excluding hydrogens is 264 g/mol. The molecule has 21 heavy (non-hydrogen) atoms. The summed E-state index contributed by atoms with van der Waals surface area (Å²) in [6, 6.07) is 17.4. The molecule has 0 radical (unpaired) electrons. The largest absolute Gasteiger partial charge is 0.311 e. The van der Waals surface area contributed by atoms with Gasteiger partial charge in [-0.3, -0.25) is 4.79 Å². The summed E-state index contributed by atoms with van der Waals surface area (Å²) in [6.07, 6.45) is 0. The van der Waals surface area contributed by atoms with Crippen molar-refractivity contribution in [1.29, 1.82) is 0 Å². The summed E-state index contributed by atoms with van der Waals surface area (Å²) in [5, 5.41) is 11.9. The Morgan fingerprint density at radius 1 is 1.00 bits per heavy atom. The first-order chi connectivity index (χ1) is 10.3. The Kier molecular flexibility index (Phi) is 4.02. The zero-order chi connectivity index (χ0) is 14.5. The number of aromatic nitrogens is 3. The Morgan fingerprint density at radius 3 is 2.62 bits per heavy atom. The minimum atomic E-state index is -0.0953. The third-order valence-corrected chi connectivity index (χ3v) is 3.30. The van der Waals surface area contributed by atoms with Gasteiger partial charge in [0, 0.05) is 13.1 Å². The molecule has 1 heterocycles. The SMILES string of the molecule is O=c1c2ccccc2nnn1CCNCc1ccccc1. The summed E-state index contributed by atoms with van der Waals surface area (Å²) < 4.78 is 1.40. The molecule has 3 rings (SSSR count). The number of benzene rings is 2. The molecule has 106 valence electrons. The Morgan fingerprint density at radius 2 is 1.76 bits per heavy atom. The van der Waals surface area contributed by atoms with Crippen LogP contribution >= 0.6 is 0 Å². The summed E-state index contributed by atoms with van der Waals surface area (Å²) >= 11 is 0. The monoisotopic (exact) mass is 280 g/mol. The van der Waals surface area contributed by atoms with E-state index in [1.807, 2.05) is 30.3 Å². The Balaban J connectivity index is 1.63. The molecule has 3 aromatic rings. The lowest BCUT2D eigenvalue weighted by Crippen LogP contribution is -2.29. The van der Waals surface area contributed by atoms with Crippen LogP contribution in [0.25, 0.3) is 10.9 Å². The van der Waals surface area contributed by atoms with Crippen LogP contribution < -0.4 is 10.9 Å². The second-order valence-corrected chi connectivity index (χ2v) is 4.80. The molecule has 0 unspecified atom stereocenters. The molecule has 0 aliphatic carbocycles. The van der Waals surface area contributed by atoms with Gasteiger partial charge in [0.15, 0.2) is 0 Å². The van der Waals surface area contributed by atoms with Crippen LogP contribution in [0.2, 0.25) is 0 Å². The van der Waals surface area contributed by atoms with Gasteiger partial charge in [-0.1, -0.05) is 47.7 Å². The number of nitrogens with zero attached hydrogens (tertiary/aromatic N) is 3. The van der Waals surface area contributed by atoms with Crippen molar-refractivity contribution in [3.8, 4) is 0 Å². The molecule has 0 saturated carbocycles. The van der Waals surface area contributed by atoms with Crippen LogP contribution in [-0.4, -0.2) is 21.5 Å². The maximum atomic E-state index is 12.2. The fourth-order valence-corrected chi connectivity index (χ4v) is 2.18. The first-order valence-corrected chi connectivity index (χ1v) is 6.92. The van der Waals surface area contributed by atoms with Crippen molar-refractivity contribution in [2.24, 2.45) is 0 Å². The van der Waals surface area contributed by atoms with Crippen LogP contribution in [0.3, 0.4) is 0 Å². The molecule has 0 aliphatic rings. The minimum Gasteiger partial charge on any atom is -0.311 e. The summed E-state index contributed by atoms with van der Waals surface area (Å²) in [5.74, 6) is 0. The van der Waals surface area contributed by atoms with E-state index < -0.39 is 0 Å². The van der Waals surface area contributed by atoms with Gasteiger partial charge < -0.3 is 5.32 Å². The number of hydrogen-bond donors (Lipinski definition) is 1. The van der Waals surface area contributed by atoms with Crippen molar-refractivity contribution in [2.45, 2.75) is 13.1 Å². The lowest BCUT2D eigenvalue weighted by atomic mass is 10.2. The van der Waals surface area contributed by atoms with E-state index in [1.54, 1.807) is 12.1 Å². The van der Waals surface area contributed by atoms with Crippen LogP contribution in [0.5, 0.6) is 0 Å². The van der Waals surface area contributed by atoms with Crippen molar-refractivity contribution >= 4 is 10.9 Å². The van der Waals surface area contributed by atoms with E-state index in [2.05, 4.69) is 27.8 Å². The van der Waals surface area contributed by atoms with Gasteiger partial charge in [-0.25, -0.2) is 4.68 Å². The average molecular weight is 280 g/mol. The zero-order valence-electron chi connectivity index (χ0n) is 11.6. The van der Waals surface area contributed by atoms with Crippen molar-refractivity contribution in [3.05, 3.63) is 70.5 Å². The maximum absolute atomic E-state index is 12.2. The van der Waals surface area contributed by atoms with Gasteiger partial charge in [-0.2, -0.15) is 0 Å². The molecule has 5 nitrogen and oxygen atoms in total. The Hall–Kier alpha value is -2.53. The molecule has 0 saturated heterocycles. The second-order valence-electron chi connectivity index (χ2n) is 4.80. The van der Waals surface area contributed by atoms with Crippen molar-refractivity contribution < 1.29 is 0 Å². The van der Waals surface area contributed by atoms with E-state index in [0.29, 0.717) is 24.0 Å². The van der Waals surface area contributed by atoms with Crippen LogP contribution in [0, 0.1) is 0 Å². The van der Waals surface area contributed by atoms with Crippen molar-refractivity contribution in [3.63, 3.8) is 0 Å². The lowest BCUT2D eigenvalue weighted by Gasteiger charge is -2.06. The molecule has 1 N–H and O–H groups in total. The van der Waals surface area contributed by atoms with E-state index in [4.69, 9.17) is 0 Å². The highest BCUT2D eigenvalue weighted by Crippen LogP contribution is 2.03. The smallest absolute Gasteiger partial charge is 0.277 e. The van der Waals surface area contributed by atoms with Gasteiger partial charge >= 0.3 is 0 Å². The van der Waals surface area contributed by atoms with E-state index in [-0.39, 0.29) is 5.56 Å². The molecule has 0 aliphatic heterocycles. The van der Waals surface area contributed by atoms with Crippen LogP contribution in [0.15, 0.2) is 59.4 Å². The second kappa shape index (κ2) is 6.28. The lowest BCUT2D eigenvalue weighted by molar-refractivity contribution is 0.513. The van der Waals surface area contributed by atoms with Gasteiger partial charge in [0.2, 0.25) is 0 Å².